The van der Waals surface area contributed by atoms with E-state index in [9.17, 15) is 4.79 Å². The molecule has 1 aliphatic rings. The van der Waals surface area contributed by atoms with Crippen molar-refractivity contribution < 1.29 is 4.79 Å². The minimum Gasteiger partial charge on any atom is -0.369 e. The molecule has 1 N–H and O–H groups in total. The van der Waals surface area contributed by atoms with Crippen LogP contribution in [0.2, 0.25) is 0 Å². The molecule has 116 valence electrons. The van der Waals surface area contributed by atoms with Gasteiger partial charge < -0.3 is 10.2 Å². The van der Waals surface area contributed by atoms with Crippen LogP contribution in [0.15, 0.2) is 18.3 Å². The van der Waals surface area contributed by atoms with Gasteiger partial charge in [0, 0.05) is 38.4 Å². The molecule has 1 amide bonds. The molecule has 0 aliphatic carbocycles. The fourth-order valence-electron chi connectivity index (χ4n) is 2.78. The molecule has 0 aromatic carbocycles. The lowest BCUT2D eigenvalue weighted by atomic mass is 10.1. The molecule has 2 rings (SSSR count). The molecule has 1 aromatic rings. The van der Waals surface area contributed by atoms with Gasteiger partial charge in [-0.25, -0.2) is 4.98 Å². The number of rotatable bonds is 5. The summed E-state index contributed by atoms with van der Waals surface area (Å²) in [5, 5.41) is 3.25. The van der Waals surface area contributed by atoms with Crippen molar-refractivity contribution >= 4 is 11.7 Å². The quantitative estimate of drug-likeness (QED) is 0.902. The number of hydrogen-bond acceptors (Lipinski definition) is 4. The van der Waals surface area contributed by atoms with Crippen LogP contribution in [0.3, 0.4) is 0 Å². The van der Waals surface area contributed by atoms with E-state index >= 15 is 0 Å². The summed E-state index contributed by atoms with van der Waals surface area (Å²) in [4.78, 5) is 21.4. The SMILES string of the molecule is CCCNc1ncccc1C(=O)N1CCN(CC)C(C)C1. The number of pyridine rings is 1. The van der Waals surface area contributed by atoms with E-state index in [1.54, 1.807) is 6.20 Å². The van der Waals surface area contributed by atoms with E-state index < -0.39 is 0 Å². The van der Waals surface area contributed by atoms with Gasteiger partial charge in [0.15, 0.2) is 0 Å². The minimum atomic E-state index is 0.0873. The summed E-state index contributed by atoms with van der Waals surface area (Å²) in [6.07, 6.45) is 2.74. The summed E-state index contributed by atoms with van der Waals surface area (Å²) in [6, 6.07) is 4.11. The highest BCUT2D eigenvalue weighted by Gasteiger charge is 2.27. The highest BCUT2D eigenvalue weighted by molar-refractivity contribution is 5.98. The Morgan fingerprint density at radius 1 is 1.43 bits per heavy atom. The van der Waals surface area contributed by atoms with Crippen LogP contribution in [0.25, 0.3) is 0 Å². The summed E-state index contributed by atoms with van der Waals surface area (Å²) in [5.74, 6) is 0.791. The second-order valence-corrected chi connectivity index (χ2v) is 5.56. The summed E-state index contributed by atoms with van der Waals surface area (Å²) in [7, 11) is 0. The summed E-state index contributed by atoms with van der Waals surface area (Å²) in [5.41, 5.74) is 0.683. The summed E-state index contributed by atoms with van der Waals surface area (Å²) >= 11 is 0. The molecule has 21 heavy (non-hydrogen) atoms. The highest BCUT2D eigenvalue weighted by Crippen LogP contribution is 2.17. The predicted octanol–water partition coefficient (Wildman–Crippen LogP) is 2.07. The minimum absolute atomic E-state index is 0.0873. The molecule has 5 nitrogen and oxygen atoms in total. The Labute approximate surface area is 127 Å². The Morgan fingerprint density at radius 3 is 2.90 bits per heavy atom. The first kappa shape index (κ1) is 15.8. The van der Waals surface area contributed by atoms with Crippen molar-refractivity contribution in [2.45, 2.75) is 33.2 Å². The van der Waals surface area contributed by atoms with Gasteiger partial charge in [0.25, 0.3) is 5.91 Å². The van der Waals surface area contributed by atoms with Gasteiger partial charge in [-0.3, -0.25) is 9.69 Å². The van der Waals surface area contributed by atoms with E-state index in [-0.39, 0.29) is 5.91 Å². The molecule has 1 atom stereocenters. The first-order valence-electron chi connectivity index (χ1n) is 7.89. The van der Waals surface area contributed by atoms with E-state index in [0.29, 0.717) is 17.4 Å². The average molecular weight is 290 g/mol. The highest BCUT2D eigenvalue weighted by atomic mass is 16.2. The van der Waals surface area contributed by atoms with Crippen LogP contribution in [0.1, 0.15) is 37.6 Å². The lowest BCUT2D eigenvalue weighted by molar-refractivity contribution is 0.0529. The molecule has 0 radical (unpaired) electrons. The normalized spacial score (nSPS) is 19.6. The van der Waals surface area contributed by atoms with Crippen LogP contribution in [0.5, 0.6) is 0 Å². The molecular weight excluding hydrogens is 264 g/mol. The number of aromatic nitrogens is 1. The van der Waals surface area contributed by atoms with Crippen molar-refractivity contribution in [2.24, 2.45) is 0 Å². The zero-order chi connectivity index (χ0) is 15.2. The van der Waals surface area contributed by atoms with Gasteiger partial charge >= 0.3 is 0 Å². The van der Waals surface area contributed by atoms with Gasteiger partial charge in [0.2, 0.25) is 0 Å². The van der Waals surface area contributed by atoms with E-state index in [4.69, 9.17) is 0 Å². The topological polar surface area (TPSA) is 48.5 Å². The number of amides is 1. The Kier molecular flexibility index (Phi) is 5.56. The smallest absolute Gasteiger partial charge is 0.257 e. The number of anilines is 1. The molecule has 1 aliphatic heterocycles. The van der Waals surface area contributed by atoms with Crippen LogP contribution in [0, 0.1) is 0 Å². The number of likely N-dealkylation sites (N-methyl/N-ethyl adjacent to an activating group) is 1. The predicted molar refractivity (Wildman–Crippen MR) is 85.6 cm³/mol. The maximum atomic E-state index is 12.8. The second-order valence-electron chi connectivity index (χ2n) is 5.56. The first-order valence-corrected chi connectivity index (χ1v) is 7.89. The Hall–Kier alpha value is -1.62. The van der Waals surface area contributed by atoms with Crippen LogP contribution in [0.4, 0.5) is 5.82 Å². The molecule has 0 saturated carbocycles. The van der Waals surface area contributed by atoms with Gasteiger partial charge in [-0.15, -0.1) is 0 Å². The van der Waals surface area contributed by atoms with Crippen molar-refractivity contribution in [3.8, 4) is 0 Å². The molecule has 1 fully saturated rings. The number of carbonyl (C=O) groups excluding carboxylic acids is 1. The fourth-order valence-corrected chi connectivity index (χ4v) is 2.78. The summed E-state index contributed by atoms with van der Waals surface area (Å²) in [6.45, 7) is 10.8. The van der Waals surface area contributed by atoms with Crippen LogP contribution in [-0.2, 0) is 0 Å². The Morgan fingerprint density at radius 2 is 2.24 bits per heavy atom. The Bertz CT molecular complexity index is 477. The lowest BCUT2D eigenvalue weighted by Crippen LogP contribution is -2.53. The molecule has 5 heteroatoms. The summed E-state index contributed by atoms with van der Waals surface area (Å²) < 4.78 is 0. The largest absolute Gasteiger partial charge is 0.369 e. The standard InChI is InChI=1S/C16H26N4O/c1-4-8-17-15-14(7-6-9-18-15)16(21)20-11-10-19(5-2)13(3)12-20/h6-7,9,13H,4-5,8,10-12H2,1-3H3,(H,17,18). The van der Waals surface area contributed by atoms with Gasteiger partial charge in [-0.1, -0.05) is 13.8 Å². The van der Waals surface area contributed by atoms with Crippen molar-refractivity contribution in [2.75, 3.05) is 38.0 Å². The number of carbonyl (C=O) groups is 1. The third kappa shape index (κ3) is 3.73. The molecule has 1 aromatic heterocycles. The van der Waals surface area contributed by atoms with E-state index in [2.05, 4.69) is 36.0 Å². The Balaban J connectivity index is 2.10. The monoisotopic (exact) mass is 290 g/mol. The van der Waals surface area contributed by atoms with Crippen molar-refractivity contribution in [3.63, 3.8) is 0 Å². The van der Waals surface area contributed by atoms with Gasteiger partial charge in [-0.05, 0) is 32.0 Å². The van der Waals surface area contributed by atoms with Crippen molar-refractivity contribution in [3.05, 3.63) is 23.9 Å². The number of nitrogens with zero attached hydrogens (tertiary/aromatic N) is 3. The maximum absolute atomic E-state index is 12.8. The zero-order valence-electron chi connectivity index (χ0n) is 13.3. The van der Waals surface area contributed by atoms with Gasteiger partial charge in [-0.2, -0.15) is 0 Å². The lowest BCUT2D eigenvalue weighted by Gasteiger charge is -2.39. The van der Waals surface area contributed by atoms with E-state index in [0.717, 1.165) is 39.1 Å². The zero-order valence-corrected chi connectivity index (χ0v) is 13.3. The molecule has 0 bridgehead atoms. The van der Waals surface area contributed by atoms with Crippen LogP contribution >= 0.6 is 0 Å². The first-order chi connectivity index (χ1) is 10.2. The molecule has 1 unspecified atom stereocenters. The van der Waals surface area contributed by atoms with Gasteiger partial charge in [0.1, 0.15) is 5.82 Å². The molecule has 0 spiro atoms. The molecule has 2 heterocycles. The third-order valence-electron chi connectivity index (χ3n) is 4.04. The van der Waals surface area contributed by atoms with Crippen molar-refractivity contribution in [1.82, 2.24) is 14.8 Å². The van der Waals surface area contributed by atoms with E-state index in [1.165, 1.54) is 0 Å². The van der Waals surface area contributed by atoms with Crippen LogP contribution < -0.4 is 5.32 Å². The maximum Gasteiger partial charge on any atom is 0.257 e. The van der Waals surface area contributed by atoms with Crippen molar-refractivity contribution in [1.29, 1.82) is 0 Å². The molecule has 1 saturated heterocycles. The molecular formula is C16H26N4O. The number of hydrogen-bond donors (Lipinski definition) is 1. The van der Waals surface area contributed by atoms with Crippen LogP contribution in [-0.4, -0.2) is 59.5 Å². The number of piperazine rings is 1. The average Bonchev–Trinajstić information content (AvgIpc) is 2.52. The second kappa shape index (κ2) is 7.41. The van der Waals surface area contributed by atoms with Gasteiger partial charge in [0.05, 0.1) is 5.56 Å². The number of nitrogens with one attached hydrogen (secondary N) is 1. The third-order valence-corrected chi connectivity index (χ3v) is 4.04. The fraction of sp³-hybridized carbons (Fsp3) is 0.625. The van der Waals surface area contributed by atoms with E-state index in [1.807, 2.05) is 17.0 Å².